The lowest BCUT2D eigenvalue weighted by atomic mass is 10.2. The van der Waals surface area contributed by atoms with Crippen LogP contribution < -0.4 is 10.3 Å². The molecule has 2 heterocycles. The zero-order valence-corrected chi connectivity index (χ0v) is 14.8. The largest absolute Gasteiger partial charge is 0.497 e. The molecule has 4 aromatic rings. The van der Waals surface area contributed by atoms with Crippen molar-refractivity contribution in [2.45, 2.75) is 0 Å². The quantitative estimate of drug-likeness (QED) is 0.516. The van der Waals surface area contributed by atoms with Crippen molar-refractivity contribution in [3.8, 4) is 16.2 Å². The smallest absolute Gasteiger partial charge is 0.282 e. The summed E-state index contributed by atoms with van der Waals surface area (Å²) < 4.78 is 6.45. The lowest BCUT2D eigenvalue weighted by Crippen LogP contribution is -2.16. The van der Waals surface area contributed by atoms with Crippen molar-refractivity contribution >= 4 is 27.8 Å². The van der Waals surface area contributed by atoms with Crippen molar-refractivity contribution in [3.05, 3.63) is 82.9 Å². The molecule has 0 radical (unpaired) electrons. The standard InChI is InChI=1S/C20H15N3O2S/c1-25-16-9-5-6-14(10-16)12-22-23-13-21-19-17(20(23)24)11-18(26-19)15-7-3-2-4-8-15/h2-13H,1H3/b22-12-. The van der Waals surface area contributed by atoms with Crippen molar-refractivity contribution in [1.82, 2.24) is 9.66 Å². The molecule has 0 bridgehead atoms. The molecule has 2 aromatic carbocycles. The Labute approximate surface area is 153 Å². The zero-order chi connectivity index (χ0) is 17.9. The predicted molar refractivity (Wildman–Crippen MR) is 105 cm³/mol. The Morgan fingerprint density at radius 2 is 1.96 bits per heavy atom. The summed E-state index contributed by atoms with van der Waals surface area (Å²) in [7, 11) is 1.61. The molecule has 0 aliphatic carbocycles. The maximum Gasteiger partial charge on any atom is 0.282 e. The van der Waals surface area contributed by atoms with Crippen LogP contribution in [0.5, 0.6) is 5.75 Å². The first kappa shape index (κ1) is 16.2. The number of fused-ring (bicyclic) bond motifs is 1. The monoisotopic (exact) mass is 361 g/mol. The third-order valence-corrected chi connectivity index (χ3v) is 5.01. The average Bonchev–Trinajstić information content (AvgIpc) is 3.14. The molecule has 5 nitrogen and oxygen atoms in total. The van der Waals surface area contributed by atoms with E-state index in [1.54, 1.807) is 13.3 Å². The average molecular weight is 361 g/mol. The summed E-state index contributed by atoms with van der Waals surface area (Å²) in [4.78, 5) is 18.8. The molecule has 128 valence electrons. The first-order valence-electron chi connectivity index (χ1n) is 7.99. The van der Waals surface area contributed by atoms with E-state index in [-0.39, 0.29) is 5.56 Å². The van der Waals surface area contributed by atoms with Gasteiger partial charge in [-0.1, -0.05) is 42.5 Å². The van der Waals surface area contributed by atoms with Gasteiger partial charge in [0.05, 0.1) is 18.7 Å². The highest BCUT2D eigenvalue weighted by Gasteiger charge is 2.09. The van der Waals surface area contributed by atoms with E-state index in [1.165, 1.54) is 22.3 Å². The van der Waals surface area contributed by atoms with Gasteiger partial charge in [-0.25, -0.2) is 4.98 Å². The Morgan fingerprint density at radius 1 is 1.12 bits per heavy atom. The summed E-state index contributed by atoms with van der Waals surface area (Å²) in [6, 6.07) is 19.3. The van der Waals surface area contributed by atoms with E-state index < -0.39 is 0 Å². The topological polar surface area (TPSA) is 56.5 Å². The fourth-order valence-corrected chi connectivity index (χ4v) is 3.59. The molecule has 6 heteroatoms. The van der Waals surface area contributed by atoms with Crippen LogP contribution in [-0.4, -0.2) is 23.0 Å². The van der Waals surface area contributed by atoms with Crippen LogP contribution in [0.3, 0.4) is 0 Å². The predicted octanol–water partition coefficient (Wildman–Crippen LogP) is 4.02. The van der Waals surface area contributed by atoms with E-state index in [0.29, 0.717) is 10.2 Å². The Morgan fingerprint density at radius 3 is 2.77 bits per heavy atom. The second kappa shape index (κ2) is 6.93. The number of benzene rings is 2. The van der Waals surface area contributed by atoms with E-state index in [0.717, 1.165) is 21.8 Å². The lowest BCUT2D eigenvalue weighted by Gasteiger charge is -2.00. The Bertz CT molecular complexity index is 1150. The minimum atomic E-state index is -0.187. The first-order chi connectivity index (χ1) is 12.7. The molecule has 0 N–H and O–H groups in total. The van der Waals surface area contributed by atoms with Gasteiger partial charge in [0.25, 0.3) is 5.56 Å². The number of aromatic nitrogens is 2. The van der Waals surface area contributed by atoms with Gasteiger partial charge in [-0.15, -0.1) is 11.3 Å². The van der Waals surface area contributed by atoms with Gasteiger partial charge in [-0.3, -0.25) is 4.79 Å². The van der Waals surface area contributed by atoms with Gasteiger partial charge in [-0.2, -0.15) is 9.78 Å². The number of hydrogen-bond acceptors (Lipinski definition) is 5. The summed E-state index contributed by atoms with van der Waals surface area (Å²) in [5.41, 5.74) is 1.72. The first-order valence-corrected chi connectivity index (χ1v) is 8.81. The van der Waals surface area contributed by atoms with Gasteiger partial charge in [-0.05, 0) is 29.3 Å². The number of methoxy groups -OCH3 is 1. The van der Waals surface area contributed by atoms with E-state index in [1.807, 2.05) is 60.7 Å². The van der Waals surface area contributed by atoms with Gasteiger partial charge in [0.2, 0.25) is 0 Å². The highest BCUT2D eigenvalue weighted by Crippen LogP contribution is 2.30. The van der Waals surface area contributed by atoms with E-state index in [9.17, 15) is 4.79 Å². The molecular formula is C20H15N3O2S. The third kappa shape index (κ3) is 3.14. The second-order valence-electron chi connectivity index (χ2n) is 5.61. The lowest BCUT2D eigenvalue weighted by molar-refractivity contribution is 0.415. The SMILES string of the molecule is COc1cccc(/C=N\n2cnc3sc(-c4ccccc4)cc3c2=O)c1. The Hall–Kier alpha value is -3.25. The maximum absolute atomic E-state index is 12.7. The summed E-state index contributed by atoms with van der Waals surface area (Å²) >= 11 is 1.50. The van der Waals surface area contributed by atoms with Crippen LogP contribution in [0.2, 0.25) is 0 Å². The molecule has 4 rings (SSSR count). The second-order valence-corrected chi connectivity index (χ2v) is 6.64. The van der Waals surface area contributed by atoms with Crippen molar-refractivity contribution in [1.29, 1.82) is 0 Å². The molecule has 0 saturated carbocycles. The Kier molecular flexibility index (Phi) is 4.33. The molecule has 0 saturated heterocycles. The highest BCUT2D eigenvalue weighted by atomic mass is 32.1. The van der Waals surface area contributed by atoms with Crippen LogP contribution in [0, 0.1) is 0 Å². The van der Waals surface area contributed by atoms with Crippen molar-refractivity contribution < 1.29 is 4.74 Å². The number of thiophene rings is 1. The number of hydrogen-bond donors (Lipinski definition) is 0. The minimum absolute atomic E-state index is 0.187. The van der Waals surface area contributed by atoms with Gasteiger partial charge in [0.1, 0.15) is 16.9 Å². The molecule has 0 spiro atoms. The molecule has 0 unspecified atom stereocenters. The fourth-order valence-electron chi connectivity index (χ4n) is 2.59. The van der Waals surface area contributed by atoms with Crippen molar-refractivity contribution in [2.24, 2.45) is 5.10 Å². The normalized spacial score (nSPS) is 11.3. The molecule has 0 atom stereocenters. The molecule has 0 amide bonds. The van der Waals surface area contributed by atoms with Gasteiger partial charge >= 0.3 is 0 Å². The zero-order valence-electron chi connectivity index (χ0n) is 14.0. The summed E-state index contributed by atoms with van der Waals surface area (Å²) in [5, 5.41) is 4.82. The Balaban J connectivity index is 1.71. The van der Waals surface area contributed by atoms with Crippen LogP contribution >= 0.6 is 11.3 Å². The van der Waals surface area contributed by atoms with Crippen LogP contribution in [-0.2, 0) is 0 Å². The molecule has 0 aliphatic heterocycles. The van der Waals surface area contributed by atoms with Gasteiger partial charge in [0.15, 0.2) is 0 Å². The molecule has 26 heavy (non-hydrogen) atoms. The van der Waals surface area contributed by atoms with Crippen molar-refractivity contribution in [3.63, 3.8) is 0 Å². The van der Waals surface area contributed by atoms with Gasteiger partial charge in [0, 0.05) is 4.88 Å². The number of nitrogens with zero attached hydrogens (tertiary/aromatic N) is 3. The number of rotatable bonds is 4. The van der Waals surface area contributed by atoms with Crippen LogP contribution in [0.15, 0.2) is 76.9 Å². The van der Waals surface area contributed by atoms with E-state index >= 15 is 0 Å². The molecule has 0 aliphatic rings. The van der Waals surface area contributed by atoms with Crippen LogP contribution in [0.25, 0.3) is 20.7 Å². The highest BCUT2D eigenvalue weighted by molar-refractivity contribution is 7.21. The van der Waals surface area contributed by atoms with Crippen LogP contribution in [0.1, 0.15) is 5.56 Å². The minimum Gasteiger partial charge on any atom is -0.497 e. The molecule has 0 fully saturated rings. The molecule has 2 aromatic heterocycles. The fraction of sp³-hybridized carbons (Fsp3) is 0.0500. The summed E-state index contributed by atoms with van der Waals surface area (Å²) in [6.45, 7) is 0. The van der Waals surface area contributed by atoms with Crippen LogP contribution in [0.4, 0.5) is 0 Å². The molecular weight excluding hydrogens is 346 g/mol. The number of ether oxygens (including phenoxy) is 1. The van der Waals surface area contributed by atoms with Gasteiger partial charge < -0.3 is 4.74 Å². The van der Waals surface area contributed by atoms with E-state index in [2.05, 4.69) is 10.1 Å². The van der Waals surface area contributed by atoms with Crippen molar-refractivity contribution in [2.75, 3.05) is 7.11 Å². The third-order valence-electron chi connectivity index (χ3n) is 3.92. The van der Waals surface area contributed by atoms with E-state index in [4.69, 9.17) is 4.74 Å². The summed E-state index contributed by atoms with van der Waals surface area (Å²) in [6.07, 6.45) is 3.06. The maximum atomic E-state index is 12.7. The summed E-state index contributed by atoms with van der Waals surface area (Å²) in [5.74, 6) is 0.736.